The van der Waals surface area contributed by atoms with Crippen molar-refractivity contribution >= 4 is 40.1 Å². The third-order valence-electron chi connectivity index (χ3n) is 9.07. The van der Waals surface area contributed by atoms with E-state index in [9.17, 15) is 28.4 Å². The Bertz CT molecular complexity index is 2230. The number of piperidine rings is 1. The van der Waals surface area contributed by atoms with Crippen molar-refractivity contribution < 1.29 is 18.8 Å². The van der Waals surface area contributed by atoms with Gasteiger partial charge in [-0.1, -0.05) is 6.07 Å². The van der Waals surface area contributed by atoms with Gasteiger partial charge in [0, 0.05) is 51.3 Å². The molecule has 3 atom stereocenters. The number of imidazole rings is 2. The highest BCUT2D eigenvalue weighted by molar-refractivity contribution is 6.00. The number of unbranched alkanes of at least 4 members (excludes halogenated alkanes) is 1. The summed E-state index contributed by atoms with van der Waals surface area (Å²) >= 11 is 0. The molecule has 0 bridgehead atoms. The van der Waals surface area contributed by atoms with Crippen molar-refractivity contribution in [1.29, 1.82) is 0 Å². The van der Waals surface area contributed by atoms with E-state index in [-0.39, 0.29) is 35.7 Å². The first-order valence-electron chi connectivity index (χ1n) is 15.9. The Morgan fingerprint density at radius 3 is 2.65 bits per heavy atom. The SMILES string of the molecule is CNc1cc(-c2ccc(=O)n(CCCCc3ccc4c(c3)n(C)c(=O)n4C3CCC(=O)NC3=O)c2)nn2c(C(=O)N[C@@H]3C[C@@H]3F)cnc12. The Labute approximate surface area is 272 Å². The number of halogens is 1. The van der Waals surface area contributed by atoms with Crippen molar-refractivity contribution in [2.45, 2.75) is 63.3 Å². The van der Waals surface area contributed by atoms with E-state index in [2.05, 4.69) is 26.0 Å². The van der Waals surface area contributed by atoms with Gasteiger partial charge in [-0.3, -0.25) is 33.6 Å². The predicted molar refractivity (Wildman–Crippen MR) is 175 cm³/mol. The van der Waals surface area contributed by atoms with Crippen LogP contribution in [0.15, 0.2) is 58.4 Å². The number of anilines is 1. The molecule has 1 aliphatic carbocycles. The molecule has 5 heterocycles. The number of imide groups is 1. The van der Waals surface area contributed by atoms with Crippen LogP contribution in [0.25, 0.3) is 27.9 Å². The molecular weight excluding hydrogens is 621 g/mol. The summed E-state index contributed by atoms with van der Waals surface area (Å²) in [4.78, 5) is 67.1. The number of aromatic nitrogens is 6. The van der Waals surface area contributed by atoms with Crippen molar-refractivity contribution in [3.63, 3.8) is 0 Å². The third-order valence-corrected chi connectivity index (χ3v) is 9.07. The minimum Gasteiger partial charge on any atom is -0.385 e. The fourth-order valence-electron chi connectivity index (χ4n) is 6.27. The lowest BCUT2D eigenvalue weighted by atomic mass is 10.0. The van der Waals surface area contributed by atoms with Crippen LogP contribution < -0.4 is 27.2 Å². The molecular formula is C33H34FN9O5. The van der Waals surface area contributed by atoms with Crippen LogP contribution >= 0.6 is 0 Å². The molecule has 2 aliphatic rings. The number of aryl methyl sites for hydroxylation is 3. The number of nitrogens with one attached hydrogen (secondary N) is 3. The number of amides is 3. The Hall–Kier alpha value is -5.60. The Kier molecular flexibility index (Phi) is 7.89. The van der Waals surface area contributed by atoms with Gasteiger partial charge in [0.25, 0.3) is 11.5 Å². The second-order valence-corrected chi connectivity index (χ2v) is 12.3. The summed E-state index contributed by atoms with van der Waals surface area (Å²) in [5.74, 6) is -1.26. The van der Waals surface area contributed by atoms with Crippen molar-refractivity contribution in [3.8, 4) is 11.3 Å². The van der Waals surface area contributed by atoms with Crippen LogP contribution in [-0.4, -0.2) is 65.3 Å². The summed E-state index contributed by atoms with van der Waals surface area (Å²) in [6, 6.07) is 9.44. The molecule has 4 aromatic heterocycles. The number of fused-ring (bicyclic) bond motifs is 2. The van der Waals surface area contributed by atoms with Crippen LogP contribution in [0, 0.1) is 0 Å². The van der Waals surface area contributed by atoms with Gasteiger partial charge >= 0.3 is 5.69 Å². The lowest BCUT2D eigenvalue weighted by Crippen LogP contribution is -2.44. The average Bonchev–Trinajstić information content (AvgIpc) is 3.49. The summed E-state index contributed by atoms with van der Waals surface area (Å²) in [5.41, 5.74) is 4.33. The normalized spacial score (nSPS) is 19.1. The summed E-state index contributed by atoms with van der Waals surface area (Å²) in [6.07, 6.45) is 5.04. The number of rotatable bonds is 10. The lowest BCUT2D eigenvalue weighted by molar-refractivity contribution is -0.135. The summed E-state index contributed by atoms with van der Waals surface area (Å²) in [6.45, 7) is 0.463. The highest BCUT2D eigenvalue weighted by atomic mass is 19.1. The summed E-state index contributed by atoms with van der Waals surface area (Å²) in [7, 11) is 3.40. The van der Waals surface area contributed by atoms with Gasteiger partial charge in [-0.15, -0.1) is 0 Å². The smallest absolute Gasteiger partial charge is 0.329 e. The van der Waals surface area contributed by atoms with Crippen molar-refractivity contribution in [2.24, 2.45) is 7.05 Å². The van der Waals surface area contributed by atoms with Crippen LogP contribution in [0.1, 0.15) is 54.2 Å². The van der Waals surface area contributed by atoms with Crippen molar-refractivity contribution in [3.05, 3.63) is 80.9 Å². The topological polar surface area (TPSA) is 166 Å². The maximum absolute atomic E-state index is 13.4. The molecule has 1 unspecified atom stereocenters. The molecule has 0 spiro atoms. The molecule has 1 saturated carbocycles. The Morgan fingerprint density at radius 2 is 1.90 bits per heavy atom. The van der Waals surface area contributed by atoms with E-state index in [1.807, 2.05) is 18.2 Å². The largest absolute Gasteiger partial charge is 0.385 e. The third kappa shape index (κ3) is 5.65. The number of hydrogen-bond donors (Lipinski definition) is 3. The molecule has 248 valence electrons. The Balaban J connectivity index is 1.06. The number of pyridine rings is 1. The van der Waals surface area contributed by atoms with Crippen LogP contribution in [-0.2, 0) is 29.6 Å². The Morgan fingerprint density at radius 1 is 1.08 bits per heavy atom. The average molecular weight is 656 g/mol. The van der Waals surface area contributed by atoms with Gasteiger partial charge in [-0.05, 0) is 55.5 Å². The van der Waals surface area contributed by atoms with Gasteiger partial charge < -0.3 is 15.2 Å². The van der Waals surface area contributed by atoms with Crippen LogP contribution in [0.2, 0.25) is 0 Å². The minimum atomic E-state index is -1.04. The van der Waals surface area contributed by atoms with E-state index in [1.165, 1.54) is 25.9 Å². The van der Waals surface area contributed by atoms with E-state index in [0.717, 1.165) is 12.0 Å². The highest BCUT2D eigenvalue weighted by Crippen LogP contribution is 2.27. The number of hydrogen-bond acceptors (Lipinski definition) is 8. The fourth-order valence-corrected chi connectivity index (χ4v) is 6.27. The molecule has 3 amide bonds. The number of benzene rings is 1. The molecule has 3 N–H and O–H groups in total. The maximum Gasteiger partial charge on any atom is 0.329 e. The van der Waals surface area contributed by atoms with Crippen LogP contribution in [0.4, 0.5) is 10.1 Å². The molecule has 1 saturated heterocycles. The predicted octanol–water partition coefficient (Wildman–Crippen LogP) is 2.09. The van der Waals surface area contributed by atoms with Gasteiger partial charge in [0.05, 0.1) is 34.7 Å². The minimum absolute atomic E-state index is 0.159. The number of alkyl halides is 1. The zero-order valence-corrected chi connectivity index (χ0v) is 26.4. The van der Waals surface area contributed by atoms with Crippen molar-refractivity contribution in [1.82, 2.24) is 38.9 Å². The fraction of sp³-hybridized carbons (Fsp3) is 0.364. The van der Waals surface area contributed by atoms with Gasteiger partial charge in [-0.25, -0.2) is 18.7 Å². The summed E-state index contributed by atoms with van der Waals surface area (Å²) < 4.78 is 19.4. The first-order valence-corrected chi connectivity index (χ1v) is 15.9. The van der Waals surface area contributed by atoms with E-state index in [1.54, 1.807) is 37.0 Å². The van der Waals surface area contributed by atoms with Gasteiger partial charge in [-0.2, -0.15) is 5.10 Å². The van der Waals surface area contributed by atoms with E-state index in [0.29, 0.717) is 59.4 Å². The van der Waals surface area contributed by atoms with E-state index >= 15 is 0 Å². The zero-order chi connectivity index (χ0) is 33.7. The van der Waals surface area contributed by atoms with Gasteiger partial charge in [0.2, 0.25) is 11.8 Å². The lowest BCUT2D eigenvalue weighted by Gasteiger charge is -2.21. The number of nitrogens with zero attached hydrogens (tertiary/aromatic N) is 6. The molecule has 15 heteroatoms. The maximum atomic E-state index is 13.4. The van der Waals surface area contributed by atoms with Gasteiger partial charge in [0.15, 0.2) is 11.3 Å². The molecule has 48 heavy (non-hydrogen) atoms. The van der Waals surface area contributed by atoms with Crippen LogP contribution in [0.3, 0.4) is 0 Å². The number of carbonyl (C=O) groups is 3. The number of carbonyl (C=O) groups excluding carboxylic acids is 3. The van der Waals surface area contributed by atoms with E-state index in [4.69, 9.17) is 0 Å². The monoisotopic (exact) mass is 655 g/mol. The van der Waals surface area contributed by atoms with Crippen molar-refractivity contribution in [2.75, 3.05) is 12.4 Å². The first kappa shape index (κ1) is 31.0. The summed E-state index contributed by atoms with van der Waals surface area (Å²) in [5, 5.41) is 12.7. The zero-order valence-electron chi connectivity index (χ0n) is 26.4. The second kappa shape index (κ2) is 12.2. The molecule has 2 fully saturated rings. The molecule has 5 aromatic rings. The molecule has 7 rings (SSSR count). The van der Waals surface area contributed by atoms with Crippen LogP contribution in [0.5, 0.6) is 0 Å². The molecule has 14 nitrogen and oxygen atoms in total. The molecule has 1 aliphatic heterocycles. The first-order chi connectivity index (χ1) is 23.1. The highest BCUT2D eigenvalue weighted by Gasteiger charge is 2.39. The molecule has 0 radical (unpaired) electrons. The second-order valence-electron chi connectivity index (χ2n) is 12.3. The quantitative estimate of drug-likeness (QED) is 0.152. The van der Waals surface area contributed by atoms with E-state index < -0.39 is 30.1 Å². The molecule has 1 aromatic carbocycles. The standard InChI is InChI=1S/C33H34FN9O5/c1-35-23-15-21(39-43-27(16-36-30(23)43)32(47)37-22-14-20(22)34)19-7-11-29(45)41(17-19)12-4-3-5-18-6-8-24-26(13-18)40(2)33(48)42(24)25-9-10-28(44)38-31(25)46/h6-8,11,13,15-17,20,22,25,35H,3-5,9-10,12,14H2,1-2H3,(H,37,47)(H,38,44,46)/t20-,22+,25?/m0/s1. The van der Waals surface area contributed by atoms with Gasteiger partial charge in [0.1, 0.15) is 12.2 Å².